The fourth-order valence-corrected chi connectivity index (χ4v) is 5.66. The first-order valence-corrected chi connectivity index (χ1v) is 13.4. The van der Waals surface area contributed by atoms with E-state index in [1.165, 1.54) is 0 Å². The number of carbonyl (C=O) groups is 1. The van der Waals surface area contributed by atoms with Crippen LogP contribution >= 0.6 is 27.5 Å². The molecule has 0 aliphatic carbocycles. The molecule has 3 heterocycles. The van der Waals surface area contributed by atoms with Crippen molar-refractivity contribution in [1.82, 2.24) is 19.4 Å². The van der Waals surface area contributed by atoms with Crippen LogP contribution in [0, 0.1) is 0 Å². The highest BCUT2D eigenvalue weighted by atomic mass is 79.9. The van der Waals surface area contributed by atoms with E-state index in [9.17, 15) is 9.59 Å². The molecule has 0 saturated carbocycles. The summed E-state index contributed by atoms with van der Waals surface area (Å²) in [6, 6.07) is 11.2. The van der Waals surface area contributed by atoms with E-state index in [1.807, 2.05) is 62.3 Å². The Morgan fingerprint density at radius 2 is 2.03 bits per heavy atom. The van der Waals surface area contributed by atoms with Gasteiger partial charge in [0, 0.05) is 37.6 Å². The molecule has 0 bridgehead atoms. The van der Waals surface area contributed by atoms with Crippen LogP contribution in [0.25, 0.3) is 10.9 Å². The summed E-state index contributed by atoms with van der Waals surface area (Å²) in [6.07, 6.45) is -0.354. The van der Waals surface area contributed by atoms with Crippen molar-refractivity contribution in [3.63, 3.8) is 0 Å². The summed E-state index contributed by atoms with van der Waals surface area (Å²) in [5.74, 6) is 1.10. The largest absolute Gasteiger partial charge is 0.488 e. The number of nitrogens with zero attached hydrogens (tertiary/aromatic N) is 5. The Morgan fingerprint density at radius 1 is 1.27 bits per heavy atom. The standard InChI is InChI=1S/C26H29BrClN5O4/c1-16-12-31(26(35)37-14-17-7-5-4-6-8-17)9-10-32(16)24-19-11-20(28)21(27)23-22(19)33(25(34)29-24)18(15-36-23)13-30(2)3/h4-8,11,16,18H,9-10,12-15H2,1-3H3/t16-,18+/m0/s1. The number of hydrogen-bond acceptors (Lipinski definition) is 7. The third-order valence-electron chi connectivity index (χ3n) is 6.76. The first kappa shape index (κ1) is 25.8. The Balaban J connectivity index is 1.44. The summed E-state index contributed by atoms with van der Waals surface area (Å²) in [4.78, 5) is 36.5. The highest BCUT2D eigenvalue weighted by Crippen LogP contribution is 2.44. The monoisotopic (exact) mass is 589 g/mol. The summed E-state index contributed by atoms with van der Waals surface area (Å²) in [5, 5.41) is 1.23. The van der Waals surface area contributed by atoms with E-state index in [0.717, 1.165) is 10.9 Å². The fraction of sp³-hybridized carbons (Fsp3) is 0.423. The third-order valence-corrected chi connectivity index (χ3v) is 8.08. The van der Waals surface area contributed by atoms with Crippen LogP contribution in [0.5, 0.6) is 5.75 Å². The van der Waals surface area contributed by atoms with Crippen LogP contribution < -0.4 is 15.3 Å². The molecule has 1 amide bonds. The molecule has 1 saturated heterocycles. The van der Waals surface area contributed by atoms with Gasteiger partial charge in [-0.05, 0) is 48.6 Å². The van der Waals surface area contributed by atoms with Gasteiger partial charge in [0.25, 0.3) is 0 Å². The maximum absolute atomic E-state index is 13.4. The fourth-order valence-electron chi connectivity index (χ4n) is 5.05. The van der Waals surface area contributed by atoms with E-state index in [0.29, 0.717) is 59.4 Å². The maximum Gasteiger partial charge on any atom is 0.410 e. The minimum absolute atomic E-state index is 0.101. The number of piperazine rings is 1. The molecule has 5 rings (SSSR count). The summed E-state index contributed by atoms with van der Waals surface area (Å²) >= 11 is 10.1. The van der Waals surface area contributed by atoms with Crippen LogP contribution in [0.15, 0.2) is 45.7 Å². The summed E-state index contributed by atoms with van der Waals surface area (Å²) in [6.45, 7) is 4.60. The predicted octanol–water partition coefficient (Wildman–Crippen LogP) is 4.15. The molecule has 2 aliphatic heterocycles. The number of benzene rings is 2. The van der Waals surface area contributed by atoms with Crippen molar-refractivity contribution < 1.29 is 14.3 Å². The smallest absolute Gasteiger partial charge is 0.410 e. The number of amides is 1. The Bertz CT molecular complexity index is 1380. The molecule has 0 radical (unpaired) electrons. The predicted molar refractivity (Wildman–Crippen MR) is 147 cm³/mol. The molecule has 37 heavy (non-hydrogen) atoms. The van der Waals surface area contributed by atoms with Crippen LogP contribution in [0.1, 0.15) is 18.5 Å². The molecule has 0 spiro atoms. The van der Waals surface area contributed by atoms with Gasteiger partial charge in [-0.15, -0.1) is 0 Å². The van der Waals surface area contributed by atoms with Crippen molar-refractivity contribution in [3.05, 3.63) is 61.9 Å². The Kier molecular flexibility index (Phi) is 7.33. The first-order chi connectivity index (χ1) is 17.7. The zero-order chi connectivity index (χ0) is 26.3. The van der Waals surface area contributed by atoms with Crippen LogP contribution in [-0.4, -0.2) is 78.4 Å². The highest BCUT2D eigenvalue weighted by Gasteiger charge is 2.34. The molecule has 1 aromatic heterocycles. The third kappa shape index (κ3) is 5.02. The molecule has 2 aliphatic rings. The first-order valence-electron chi connectivity index (χ1n) is 12.2. The quantitative estimate of drug-likeness (QED) is 0.442. The summed E-state index contributed by atoms with van der Waals surface area (Å²) in [5.41, 5.74) is 1.29. The molecule has 0 N–H and O–H groups in total. The van der Waals surface area contributed by atoms with E-state index >= 15 is 0 Å². The van der Waals surface area contributed by atoms with E-state index in [4.69, 9.17) is 21.1 Å². The van der Waals surface area contributed by atoms with Crippen molar-refractivity contribution in [2.75, 3.05) is 51.8 Å². The van der Waals surface area contributed by atoms with Crippen LogP contribution in [0.4, 0.5) is 10.6 Å². The van der Waals surface area contributed by atoms with Crippen LogP contribution in [0.2, 0.25) is 5.02 Å². The maximum atomic E-state index is 13.4. The Hall–Kier alpha value is -2.82. The van der Waals surface area contributed by atoms with Gasteiger partial charge in [0.1, 0.15) is 24.5 Å². The second-order valence-corrected chi connectivity index (χ2v) is 10.9. The van der Waals surface area contributed by atoms with Gasteiger partial charge in [-0.2, -0.15) is 4.98 Å². The highest BCUT2D eigenvalue weighted by molar-refractivity contribution is 9.10. The number of halogens is 2. The average molecular weight is 591 g/mol. The number of likely N-dealkylation sites (N-methyl/N-ethyl adjacent to an activating group) is 1. The van der Waals surface area contributed by atoms with Crippen LogP contribution in [-0.2, 0) is 11.3 Å². The van der Waals surface area contributed by atoms with Gasteiger partial charge in [-0.25, -0.2) is 9.59 Å². The number of carbonyl (C=O) groups excluding carboxylic acids is 1. The normalized spacial score (nSPS) is 19.3. The summed E-state index contributed by atoms with van der Waals surface area (Å²) < 4.78 is 14.0. The number of aromatic nitrogens is 2. The lowest BCUT2D eigenvalue weighted by Gasteiger charge is -2.41. The van der Waals surface area contributed by atoms with E-state index in [-0.39, 0.29) is 30.5 Å². The Morgan fingerprint density at radius 3 is 2.73 bits per heavy atom. The van der Waals surface area contributed by atoms with E-state index in [1.54, 1.807) is 9.47 Å². The zero-order valence-corrected chi connectivity index (χ0v) is 23.3. The molecule has 11 heteroatoms. The van der Waals surface area contributed by atoms with Gasteiger partial charge >= 0.3 is 11.8 Å². The van der Waals surface area contributed by atoms with Gasteiger partial charge in [-0.1, -0.05) is 41.9 Å². The molecule has 2 aromatic carbocycles. The Labute approximate surface area is 228 Å². The number of ether oxygens (including phenoxy) is 2. The molecule has 9 nitrogen and oxygen atoms in total. The lowest BCUT2D eigenvalue weighted by Crippen LogP contribution is -2.54. The van der Waals surface area contributed by atoms with Crippen molar-refractivity contribution in [1.29, 1.82) is 0 Å². The molecule has 3 aromatic rings. The van der Waals surface area contributed by atoms with Crippen molar-refractivity contribution in [3.8, 4) is 5.75 Å². The van der Waals surface area contributed by atoms with Gasteiger partial charge in [-0.3, -0.25) is 4.57 Å². The molecule has 196 valence electrons. The SMILES string of the molecule is C[C@H]1CN(C(=O)OCc2ccccc2)CCN1c1nc(=O)n2c3c(c(Br)c(Cl)cc13)OC[C@H]2CN(C)C. The topological polar surface area (TPSA) is 80.1 Å². The molecule has 2 atom stereocenters. The minimum atomic E-state index is -0.354. The number of rotatable bonds is 5. The zero-order valence-electron chi connectivity index (χ0n) is 21.0. The molecule has 0 unspecified atom stereocenters. The second-order valence-electron chi connectivity index (χ2n) is 9.74. The van der Waals surface area contributed by atoms with Crippen molar-refractivity contribution in [2.45, 2.75) is 25.6 Å². The van der Waals surface area contributed by atoms with Crippen molar-refractivity contribution >= 4 is 50.3 Å². The second kappa shape index (κ2) is 10.5. The average Bonchev–Trinajstić information content (AvgIpc) is 2.88. The molecular formula is C26H29BrClN5O4. The van der Waals surface area contributed by atoms with Gasteiger partial charge in [0.2, 0.25) is 0 Å². The van der Waals surface area contributed by atoms with Gasteiger partial charge in [0.15, 0.2) is 5.75 Å². The van der Waals surface area contributed by atoms with Gasteiger partial charge in [0.05, 0.1) is 15.5 Å². The van der Waals surface area contributed by atoms with E-state index < -0.39 is 0 Å². The minimum Gasteiger partial charge on any atom is -0.488 e. The summed E-state index contributed by atoms with van der Waals surface area (Å²) in [7, 11) is 3.92. The lowest BCUT2D eigenvalue weighted by molar-refractivity contribution is 0.0898. The number of anilines is 1. The van der Waals surface area contributed by atoms with E-state index in [2.05, 4.69) is 25.8 Å². The lowest BCUT2D eigenvalue weighted by atomic mass is 10.1. The molecule has 1 fully saturated rings. The van der Waals surface area contributed by atoms with Gasteiger partial charge < -0.3 is 24.2 Å². The molecular weight excluding hydrogens is 562 g/mol. The van der Waals surface area contributed by atoms with Crippen LogP contribution in [0.3, 0.4) is 0 Å². The van der Waals surface area contributed by atoms with Crippen molar-refractivity contribution in [2.24, 2.45) is 0 Å². The number of hydrogen-bond donors (Lipinski definition) is 0.